The Hall–Kier alpha value is -4.20. The first kappa shape index (κ1) is 26.4. The van der Waals surface area contributed by atoms with Crippen LogP contribution < -0.4 is 15.5 Å². The fraction of sp³-hybridized carbons (Fsp3) is 0.172. The van der Waals surface area contributed by atoms with E-state index in [4.69, 9.17) is 4.99 Å². The van der Waals surface area contributed by atoms with Gasteiger partial charge >= 0.3 is 0 Å². The van der Waals surface area contributed by atoms with Crippen molar-refractivity contribution >= 4 is 63.3 Å². The number of thioether (sulfide) groups is 2. The number of benzene rings is 3. The van der Waals surface area contributed by atoms with Gasteiger partial charge < -0.3 is 15.5 Å². The van der Waals surface area contributed by atoms with Crippen LogP contribution in [0.25, 0.3) is 0 Å². The Bertz CT molecular complexity index is 1560. The zero-order valence-corrected chi connectivity index (χ0v) is 23.3. The summed E-state index contributed by atoms with van der Waals surface area (Å²) < 4.78 is 0. The number of fused-ring (bicyclic) bond motifs is 1. The van der Waals surface area contributed by atoms with Gasteiger partial charge in [-0.15, -0.1) is 0 Å². The van der Waals surface area contributed by atoms with E-state index in [1.165, 1.54) is 30.4 Å². The van der Waals surface area contributed by atoms with Gasteiger partial charge in [-0.25, -0.2) is 4.99 Å². The molecule has 2 amide bonds. The third kappa shape index (κ3) is 5.50. The first-order valence-corrected chi connectivity index (χ1v) is 14.0. The summed E-state index contributed by atoms with van der Waals surface area (Å²) in [5, 5.41) is 17.0. The number of aliphatic imine (C=N–C) groups is 1. The monoisotopic (exact) mass is 554 g/mol. The smallest absolute Gasteiger partial charge is 0.269 e. The summed E-state index contributed by atoms with van der Waals surface area (Å²) in [5.41, 5.74) is 4.51. The average Bonchev–Trinajstić information content (AvgIpc) is 3.40. The molecule has 1 fully saturated rings. The van der Waals surface area contributed by atoms with Gasteiger partial charge in [0, 0.05) is 31.1 Å². The van der Waals surface area contributed by atoms with E-state index in [0.29, 0.717) is 40.1 Å². The van der Waals surface area contributed by atoms with E-state index in [-0.39, 0.29) is 11.8 Å². The zero-order chi connectivity index (χ0) is 27.5. The third-order valence-corrected chi connectivity index (χ3v) is 8.52. The molecule has 0 spiro atoms. The quantitative estimate of drug-likeness (QED) is 0.354. The van der Waals surface area contributed by atoms with E-state index in [1.807, 2.05) is 79.5 Å². The maximum Gasteiger partial charge on any atom is 0.269 e. The van der Waals surface area contributed by atoms with Crippen LogP contribution in [0.3, 0.4) is 0 Å². The van der Waals surface area contributed by atoms with Gasteiger partial charge in [0.15, 0.2) is 5.17 Å². The highest BCUT2D eigenvalue weighted by molar-refractivity contribution is 8.19. The van der Waals surface area contributed by atoms with Crippen molar-refractivity contribution in [3.05, 3.63) is 87.8 Å². The SMILES string of the molecule is CCNc1ccc(N=C2S/C(=C3/Sc4cc(NC(C)=O)ccc4N3C)C(=O)N2Cc2ccccc2)cc1C#N. The molecule has 0 bridgehead atoms. The lowest BCUT2D eigenvalue weighted by Crippen LogP contribution is -2.29. The van der Waals surface area contributed by atoms with Gasteiger partial charge in [0.25, 0.3) is 5.91 Å². The molecule has 0 atom stereocenters. The van der Waals surface area contributed by atoms with E-state index >= 15 is 0 Å². The van der Waals surface area contributed by atoms with Gasteiger partial charge in [0.1, 0.15) is 11.0 Å². The third-order valence-electron chi connectivity index (χ3n) is 6.11. The lowest BCUT2D eigenvalue weighted by Gasteiger charge is -2.17. The van der Waals surface area contributed by atoms with Gasteiger partial charge in [-0.05, 0) is 60.6 Å². The molecule has 3 aromatic carbocycles. The largest absolute Gasteiger partial charge is 0.384 e. The van der Waals surface area contributed by atoms with Crippen molar-refractivity contribution in [2.45, 2.75) is 25.3 Å². The molecule has 0 radical (unpaired) electrons. The minimum absolute atomic E-state index is 0.128. The van der Waals surface area contributed by atoms with Crippen molar-refractivity contribution in [3.8, 4) is 6.07 Å². The molecule has 0 unspecified atom stereocenters. The standard InChI is InChI=1S/C29H26N6O2S2/c1-4-31-23-12-10-21(14-20(23)16-30)33-29-35(17-19-8-6-5-7-9-19)27(37)26(39-29)28-34(3)24-13-11-22(32-18(2)36)15-25(24)38-28/h5-15,31H,4,17H2,1-3H3,(H,32,36)/b28-26+,33-29?. The minimum Gasteiger partial charge on any atom is -0.384 e. The Morgan fingerprint density at radius 3 is 2.59 bits per heavy atom. The highest BCUT2D eigenvalue weighted by atomic mass is 32.2. The molecule has 0 saturated carbocycles. The molecule has 2 heterocycles. The molecule has 0 aliphatic carbocycles. The van der Waals surface area contributed by atoms with Crippen molar-refractivity contribution < 1.29 is 9.59 Å². The van der Waals surface area contributed by atoms with Crippen LogP contribution in [0.1, 0.15) is 25.0 Å². The van der Waals surface area contributed by atoms with Gasteiger partial charge in [-0.3, -0.25) is 14.5 Å². The number of nitrogens with one attached hydrogen (secondary N) is 2. The second-order valence-corrected chi connectivity index (χ2v) is 10.9. The lowest BCUT2D eigenvalue weighted by molar-refractivity contribution is -0.122. The molecule has 196 valence electrons. The summed E-state index contributed by atoms with van der Waals surface area (Å²) in [6.45, 7) is 4.53. The Morgan fingerprint density at radius 1 is 1.08 bits per heavy atom. The number of nitrogens with zero attached hydrogens (tertiary/aromatic N) is 4. The Labute approximate surface area is 235 Å². The minimum atomic E-state index is -0.137. The van der Waals surface area contributed by atoms with Crippen LogP contribution in [0.2, 0.25) is 0 Å². The topological polar surface area (TPSA) is 101 Å². The molecular weight excluding hydrogens is 528 g/mol. The van der Waals surface area contributed by atoms with Crippen LogP contribution in [0.5, 0.6) is 0 Å². The van der Waals surface area contributed by atoms with Gasteiger partial charge in [0.05, 0.1) is 34.2 Å². The normalized spacial score (nSPS) is 17.4. The lowest BCUT2D eigenvalue weighted by atomic mass is 10.1. The second kappa shape index (κ2) is 11.3. The summed E-state index contributed by atoms with van der Waals surface area (Å²) in [6, 6.07) is 23.2. The van der Waals surface area contributed by atoms with Gasteiger partial charge in [-0.2, -0.15) is 5.26 Å². The molecule has 2 aliphatic heterocycles. The van der Waals surface area contributed by atoms with E-state index in [9.17, 15) is 14.9 Å². The van der Waals surface area contributed by atoms with Crippen LogP contribution in [0.4, 0.5) is 22.7 Å². The van der Waals surface area contributed by atoms with E-state index in [0.717, 1.165) is 26.9 Å². The summed E-state index contributed by atoms with van der Waals surface area (Å²) >= 11 is 2.83. The van der Waals surface area contributed by atoms with Crippen molar-refractivity contribution in [1.82, 2.24) is 4.90 Å². The van der Waals surface area contributed by atoms with Crippen LogP contribution in [0, 0.1) is 11.3 Å². The van der Waals surface area contributed by atoms with Crippen molar-refractivity contribution in [2.24, 2.45) is 4.99 Å². The number of amides is 2. The number of carbonyl (C=O) groups is 2. The van der Waals surface area contributed by atoms with E-state index in [1.54, 1.807) is 11.0 Å². The van der Waals surface area contributed by atoms with Crippen LogP contribution in [-0.4, -0.2) is 35.5 Å². The second-order valence-electron chi connectivity index (χ2n) is 8.90. The first-order valence-electron chi connectivity index (χ1n) is 12.4. The highest BCUT2D eigenvalue weighted by Gasteiger charge is 2.39. The average molecular weight is 555 g/mol. The molecular formula is C29H26N6O2S2. The number of nitriles is 1. The summed E-state index contributed by atoms with van der Waals surface area (Å²) in [5.74, 6) is -0.265. The van der Waals surface area contributed by atoms with Crippen molar-refractivity contribution in [3.63, 3.8) is 0 Å². The molecule has 5 rings (SSSR count). The number of carbonyl (C=O) groups excluding carboxylic acids is 2. The van der Waals surface area contributed by atoms with E-state index < -0.39 is 0 Å². The van der Waals surface area contributed by atoms with E-state index in [2.05, 4.69) is 16.7 Å². The molecule has 2 aliphatic rings. The predicted molar refractivity (Wildman–Crippen MR) is 159 cm³/mol. The predicted octanol–water partition coefficient (Wildman–Crippen LogP) is 6.12. The summed E-state index contributed by atoms with van der Waals surface area (Å²) in [6.07, 6.45) is 0. The molecule has 39 heavy (non-hydrogen) atoms. The molecule has 8 nitrogen and oxygen atoms in total. The van der Waals surface area contributed by atoms with Gasteiger partial charge in [-0.1, -0.05) is 42.1 Å². The fourth-order valence-electron chi connectivity index (χ4n) is 4.31. The maximum absolute atomic E-state index is 13.9. The van der Waals surface area contributed by atoms with Crippen LogP contribution in [-0.2, 0) is 16.1 Å². The highest BCUT2D eigenvalue weighted by Crippen LogP contribution is 2.51. The van der Waals surface area contributed by atoms with Crippen molar-refractivity contribution in [2.75, 3.05) is 29.1 Å². The Kier molecular flexibility index (Phi) is 7.63. The van der Waals surface area contributed by atoms with Crippen LogP contribution in [0.15, 0.2) is 86.6 Å². The number of hydrogen-bond donors (Lipinski definition) is 2. The zero-order valence-electron chi connectivity index (χ0n) is 21.7. The van der Waals surface area contributed by atoms with Crippen LogP contribution >= 0.6 is 23.5 Å². The number of rotatable bonds is 6. The molecule has 10 heteroatoms. The molecule has 3 aromatic rings. The summed E-state index contributed by atoms with van der Waals surface area (Å²) in [7, 11) is 1.93. The molecule has 0 aromatic heterocycles. The number of hydrogen-bond acceptors (Lipinski definition) is 8. The Morgan fingerprint density at radius 2 is 1.87 bits per heavy atom. The Balaban J connectivity index is 1.53. The van der Waals surface area contributed by atoms with Gasteiger partial charge in [0.2, 0.25) is 5.91 Å². The molecule has 2 N–H and O–H groups in total. The fourth-order valence-corrected chi connectivity index (χ4v) is 6.69. The first-order chi connectivity index (χ1) is 18.9. The maximum atomic E-state index is 13.9. The number of amidine groups is 1. The summed E-state index contributed by atoms with van der Waals surface area (Å²) in [4.78, 5) is 35.5. The number of anilines is 3. The van der Waals surface area contributed by atoms with Crippen molar-refractivity contribution in [1.29, 1.82) is 5.26 Å². The molecule has 1 saturated heterocycles.